The highest BCUT2D eigenvalue weighted by Gasteiger charge is 2.10. The summed E-state index contributed by atoms with van der Waals surface area (Å²) in [6.45, 7) is 6.21. The Morgan fingerprint density at radius 2 is 2.00 bits per heavy atom. The topological polar surface area (TPSA) is 92.5 Å². The van der Waals surface area contributed by atoms with E-state index in [9.17, 15) is 4.79 Å². The number of benzene rings is 1. The SMILES string of the molecule is CCCN(CC)CC(=O)Nc1cc(Oc2ccc(NC)c(N)c2)ccn1. The third kappa shape index (κ3) is 5.63. The molecule has 0 aliphatic rings. The molecule has 0 bridgehead atoms. The molecule has 1 aromatic carbocycles. The lowest BCUT2D eigenvalue weighted by molar-refractivity contribution is -0.117. The number of carbonyl (C=O) groups is 1. The van der Waals surface area contributed by atoms with E-state index in [1.807, 2.05) is 26.1 Å². The van der Waals surface area contributed by atoms with Gasteiger partial charge in [0.05, 0.1) is 17.9 Å². The monoisotopic (exact) mass is 357 g/mol. The zero-order valence-corrected chi connectivity index (χ0v) is 15.6. The maximum Gasteiger partial charge on any atom is 0.239 e. The van der Waals surface area contributed by atoms with Crippen LogP contribution in [0.4, 0.5) is 17.2 Å². The highest BCUT2D eigenvalue weighted by molar-refractivity contribution is 5.91. The predicted molar refractivity (Wildman–Crippen MR) is 106 cm³/mol. The molecule has 1 aromatic heterocycles. The van der Waals surface area contributed by atoms with E-state index < -0.39 is 0 Å². The summed E-state index contributed by atoms with van der Waals surface area (Å²) in [5.74, 6) is 1.56. The van der Waals surface area contributed by atoms with Gasteiger partial charge in [0.1, 0.15) is 17.3 Å². The van der Waals surface area contributed by atoms with Crippen LogP contribution in [0, 0.1) is 0 Å². The molecule has 4 N–H and O–H groups in total. The Bertz CT molecular complexity index is 736. The molecule has 0 aliphatic heterocycles. The first kappa shape index (κ1) is 19.5. The molecule has 7 nitrogen and oxygen atoms in total. The summed E-state index contributed by atoms with van der Waals surface area (Å²) >= 11 is 0. The van der Waals surface area contributed by atoms with Gasteiger partial charge in [0.15, 0.2) is 0 Å². The molecular formula is C19H27N5O2. The second-order valence-corrected chi connectivity index (χ2v) is 5.89. The molecule has 0 radical (unpaired) electrons. The molecule has 140 valence electrons. The Morgan fingerprint density at radius 3 is 2.65 bits per heavy atom. The Balaban J connectivity index is 2.01. The van der Waals surface area contributed by atoms with E-state index in [2.05, 4.69) is 27.4 Å². The molecule has 0 saturated heterocycles. The molecule has 0 aliphatic carbocycles. The van der Waals surface area contributed by atoms with Crippen LogP contribution in [0.2, 0.25) is 0 Å². The number of rotatable bonds is 9. The van der Waals surface area contributed by atoms with Crippen LogP contribution in [0.15, 0.2) is 36.5 Å². The molecule has 0 spiro atoms. The van der Waals surface area contributed by atoms with Crippen LogP contribution >= 0.6 is 0 Å². The molecule has 26 heavy (non-hydrogen) atoms. The van der Waals surface area contributed by atoms with E-state index in [1.165, 1.54) is 0 Å². The predicted octanol–water partition coefficient (Wildman–Crippen LogP) is 3.17. The number of amides is 1. The van der Waals surface area contributed by atoms with E-state index in [4.69, 9.17) is 10.5 Å². The van der Waals surface area contributed by atoms with Gasteiger partial charge < -0.3 is 21.1 Å². The Morgan fingerprint density at radius 1 is 1.23 bits per heavy atom. The van der Waals surface area contributed by atoms with Crippen LogP contribution in [0.1, 0.15) is 20.3 Å². The van der Waals surface area contributed by atoms with Gasteiger partial charge in [0.25, 0.3) is 0 Å². The summed E-state index contributed by atoms with van der Waals surface area (Å²) in [5, 5.41) is 5.82. The summed E-state index contributed by atoms with van der Waals surface area (Å²) in [4.78, 5) is 18.4. The van der Waals surface area contributed by atoms with Gasteiger partial charge in [0, 0.05) is 25.4 Å². The molecule has 0 fully saturated rings. The van der Waals surface area contributed by atoms with Gasteiger partial charge in [-0.3, -0.25) is 9.69 Å². The molecule has 0 atom stereocenters. The van der Waals surface area contributed by atoms with Crippen molar-refractivity contribution in [2.75, 3.05) is 43.0 Å². The van der Waals surface area contributed by atoms with E-state index in [0.717, 1.165) is 25.2 Å². The van der Waals surface area contributed by atoms with Gasteiger partial charge >= 0.3 is 0 Å². The fourth-order valence-electron chi connectivity index (χ4n) is 2.56. The van der Waals surface area contributed by atoms with Crippen molar-refractivity contribution >= 4 is 23.1 Å². The third-order valence-electron chi connectivity index (χ3n) is 3.88. The maximum absolute atomic E-state index is 12.2. The average molecular weight is 357 g/mol. The number of anilines is 3. The van der Waals surface area contributed by atoms with Gasteiger partial charge in [-0.1, -0.05) is 13.8 Å². The standard InChI is InChI=1S/C19H27N5O2/c1-4-10-24(5-2)13-19(25)23-18-12-15(8-9-22-18)26-14-6-7-17(21-3)16(20)11-14/h6-9,11-12,21H,4-5,10,13,20H2,1-3H3,(H,22,23,25). The van der Waals surface area contributed by atoms with Gasteiger partial charge in [-0.05, 0) is 37.7 Å². The van der Waals surface area contributed by atoms with E-state index in [0.29, 0.717) is 29.5 Å². The van der Waals surface area contributed by atoms with Crippen molar-refractivity contribution in [3.63, 3.8) is 0 Å². The molecule has 2 aromatic rings. The first-order valence-electron chi connectivity index (χ1n) is 8.79. The minimum Gasteiger partial charge on any atom is -0.457 e. The largest absolute Gasteiger partial charge is 0.457 e. The van der Waals surface area contributed by atoms with Gasteiger partial charge in [0.2, 0.25) is 5.91 Å². The number of nitrogens with zero attached hydrogens (tertiary/aromatic N) is 2. The first-order valence-corrected chi connectivity index (χ1v) is 8.79. The van der Waals surface area contributed by atoms with Crippen LogP contribution in [0.3, 0.4) is 0 Å². The number of aromatic nitrogens is 1. The number of hydrogen-bond donors (Lipinski definition) is 3. The Labute approximate surface area is 154 Å². The number of carbonyl (C=O) groups excluding carboxylic acids is 1. The molecule has 1 amide bonds. The Hall–Kier alpha value is -2.80. The van der Waals surface area contributed by atoms with Crippen molar-refractivity contribution in [1.82, 2.24) is 9.88 Å². The third-order valence-corrected chi connectivity index (χ3v) is 3.88. The molecule has 2 rings (SSSR count). The molecule has 1 heterocycles. The number of hydrogen-bond acceptors (Lipinski definition) is 6. The number of pyridine rings is 1. The zero-order valence-electron chi connectivity index (χ0n) is 15.6. The van der Waals surface area contributed by atoms with Gasteiger partial charge in [-0.15, -0.1) is 0 Å². The normalized spacial score (nSPS) is 10.6. The summed E-state index contributed by atoms with van der Waals surface area (Å²) in [6.07, 6.45) is 2.61. The van der Waals surface area contributed by atoms with Crippen molar-refractivity contribution in [2.45, 2.75) is 20.3 Å². The molecular weight excluding hydrogens is 330 g/mol. The van der Waals surface area contributed by atoms with E-state index in [-0.39, 0.29) is 5.91 Å². The van der Waals surface area contributed by atoms with E-state index in [1.54, 1.807) is 24.4 Å². The minimum atomic E-state index is -0.0902. The second kappa shape index (κ2) is 9.62. The fraction of sp³-hybridized carbons (Fsp3) is 0.368. The quantitative estimate of drug-likeness (QED) is 0.597. The average Bonchev–Trinajstić information content (AvgIpc) is 2.61. The van der Waals surface area contributed by atoms with Crippen molar-refractivity contribution in [2.24, 2.45) is 0 Å². The zero-order chi connectivity index (χ0) is 18.9. The number of nitrogen functional groups attached to an aromatic ring is 1. The highest BCUT2D eigenvalue weighted by Crippen LogP contribution is 2.28. The highest BCUT2D eigenvalue weighted by atomic mass is 16.5. The summed E-state index contributed by atoms with van der Waals surface area (Å²) in [6, 6.07) is 8.84. The van der Waals surface area contributed by atoms with Crippen molar-refractivity contribution < 1.29 is 9.53 Å². The van der Waals surface area contributed by atoms with E-state index >= 15 is 0 Å². The van der Waals surface area contributed by atoms with Gasteiger partial charge in [-0.25, -0.2) is 4.98 Å². The molecule has 7 heteroatoms. The number of ether oxygens (including phenoxy) is 1. The minimum absolute atomic E-state index is 0.0902. The van der Waals surface area contributed by atoms with Crippen molar-refractivity contribution in [3.05, 3.63) is 36.5 Å². The number of likely N-dealkylation sites (N-methyl/N-ethyl adjacent to an activating group) is 1. The molecule has 0 unspecified atom stereocenters. The lowest BCUT2D eigenvalue weighted by Gasteiger charge is -2.18. The maximum atomic E-state index is 12.2. The van der Waals surface area contributed by atoms with Gasteiger partial charge in [-0.2, -0.15) is 0 Å². The number of nitrogens with one attached hydrogen (secondary N) is 2. The van der Waals surface area contributed by atoms with Crippen LogP contribution in [-0.2, 0) is 4.79 Å². The van der Waals surface area contributed by atoms with Crippen LogP contribution in [-0.4, -0.2) is 42.5 Å². The lowest BCUT2D eigenvalue weighted by Crippen LogP contribution is -2.33. The van der Waals surface area contributed by atoms with Crippen LogP contribution in [0.5, 0.6) is 11.5 Å². The Kier molecular flexibility index (Phi) is 7.23. The van der Waals surface area contributed by atoms with Crippen molar-refractivity contribution in [3.8, 4) is 11.5 Å². The summed E-state index contributed by atoms with van der Waals surface area (Å²) < 4.78 is 5.81. The molecule has 0 saturated carbocycles. The summed E-state index contributed by atoms with van der Waals surface area (Å²) in [5.41, 5.74) is 7.39. The fourth-order valence-corrected chi connectivity index (χ4v) is 2.56. The van der Waals surface area contributed by atoms with Crippen LogP contribution < -0.4 is 21.1 Å². The van der Waals surface area contributed by atoms with Crippen LogP contribution in [0.25, 0.3) is 0 Å². The summed E-state index contributed by atoms with van der Waals surface area (Å²) in [7, 11) is 1.81. The number of nitrogens with two attached hydrogens (primary N) is 1. The van der Waals surface area contributed by atoms with Crippen molar-refractivity contribution in [1.29, 1.82) is 0 Å². The first-order chi connectivity index (χ1) is 12.5. The smallest absolute Gasteiger partial charge is 0.239 e. The second-order valence-electron chi connectivity index (χ2n) is 5.89. The lowest BCUT2D eigenvalue weighted by atomic mass is 10.2.